The van der Waals surface area contributed by atoms with E-state index in [9.17, 15) is 0 Å². The van der Waals surface area contributed by atoms with Crippen LogP contribution in [0, 0.1) is 11.8 Å². The van der Waals surface area contributed by atoms with Crippen LogP contribution in [0.1, 0.15) is 27.7 Å². The molecule has 0 aliphatic carbocycles. The van der Waals surface area contributed by atoms with Crippen LogP contribution in [0.3, 0.4) is 0 Å². The minimum absolute atomic E-state index is 0.674. The van der Waals surface area contributed by atoms with Gasteiger partial charge in [0.05, 0.1) is 0 Å². The number of rotatable bonds is 2. The molecule has 1 heterocycles. The van der Waals surface area contributed by atoms with Gasteiger partial charge < -0.3 is 0 Å². The van der Waals surface area contributed by atoms with Gasteiger partial charge in [-0.05, 0) is 21.6 Å². The average molecular weight is 200 g/mol. The Kier molecular flexibility index (Phi) is 3.78. The fourth-order valence-electron chi connectivity index (χ4n) is 0.893. The molecule has 0 aromatic heterocycles. The van der Waals surface area contributed by atoms with Crippen molar-refractivity contribution in [3.05, 3.63) is 22.0 Å². The van der Waals surface area contributed by atoms with Crippen molar-refractivity contribution in [2.24, 2.45) is 11.8 Å². The third-order valence-electron chi connectivity index (χ3n) is 1.78. The molecule has 1 rings (SSSR count). The molecule has 2 heteroatoms. The molecule has 0 amide bonds. The summed E-state index contributed by atoms with van der Waals surface area (Å²) in [5.41, 5.74) is 0. The van der Waals surface area contributed by atoms with Crippen molar-refractivity contribution >= 4 is 21.6 Å². The molecule has 0 aromatic carbocycles. The number of hydrogen-bond donors (Lipinski definition) is 0. The van der Waals surface area contributed by atoms with Crippen LogP contribution in [0.4, 0.5) is 0 Å². The van der Waals surface area contributed by atoms with E-state index in [2.05, 4.69) is 39.8 Å². The zero-order valence-electron chi connectivity index (χ0n) is 8.13. The van der Waals surface area contributed by atoms with Crippen LogP contribution in [-0.2, 0) is 0 Å². The summed E-state index contributed by atoms with van der Waals surface area (Å²) in [6, 6.07) is 0. The van der Waals surface area contributed by atoms with Gasteiger partial charge in [-0.3, -0.25) is 0 Å². The molecule has 0 N–H and O–H groups in total. The highest BCUT2D eigenvalue weighted by atomic mass is 33.1. The minimum atomic E-state index is 0.674. The first kappa shape index (κ1) is 10.3. The second-order valence-electron chi connectivity index (χ2n) is 3.61. The largest absolute Gasteiger partial charge is 0.0581 e. The van der Waals surface area contributed by atoms with Crippen molar-refractivity contribution in [1.29, 1.82) is 0 Å². The lowest BCUT2D eigenvalue weighted by Gasteiger charge is -2.17. The summed E-state index contributed by atoms with van der Waals surface area (Å²) < 4.78 is 0. The van der Waals surface area contributed by atoms with Crippen molar-refractivity contribution in [1.82, 2.24) is 0 Å². The molecule has 0 aromatic rings. The van der Waals surface area contributed by atoms with E-state index in [1.807, 2.05) is 21.6 Å². The smallest absolute Gasteiger partial charge is 0.00128 e. The van der Waals surface area contributed by atoms with Gasteiger partial charge in [0.25, 0.3) is 0 Å². The van der Waals surface area contributed by atoms with Crippen molar-refractivity contribution in [3.63, 3.8) is 0 Å². The molecular formula is C10H16S2. The second-order valence-corrected chi connectivity index (χ2v) is 5.89. The molecule has 0 unspecified atom stereocenters. The molecule has 68 valence electrons. The first-order chi connectivity index (χ1) is 5.61. The summed E-state index contributed by atoms with van der Waals surface area (Å²) in [5.74, 6) is 1.35. The molecule has 0 atom stereocenters. The van der Waals surface area contributed by atoms with E-state index < -0.39 is 0 Å². The van der Waals surface area contributed by atoms with Gasteiger partial charge in [-0.1, -0.05) is 61.4 Å². The SMILES string of the molecule is CC(C)C1=CC=C(C(C)C)SS1. The molecule has 0 radical (unpaired) electrons. The van der Waals surface area contributed by atoms with E-state index in [4.69, 9.17) is 0 Å². The van der Waals surface area contributed by atoms with E-state index in [1.54, 1.807) is 0 Å². The quantitative estimate of drug-likeness (QED) is 0.604. The van der Waals surface area contributed by atoms with Crippen molar-refractivity contribution in [3.8, 4) is 0 Å². The molecule has 1 aliphatic heterocycles. The van der Waals surface area contributed by atoms with Gasteiger partial charge in [-0.15, -0.1) is 0 Å². The summed E-state index contributed by atoms with van der Waals surface area (Å²) >= 11 is 0. The maximum atomic E-state index is 2.27. The van der Waals surface area contributed by atoms with Crippen LogP contribution >= 0.6 is 21.6 Å². The van der Waals surface area contributed by atoms with Gasteiger partial charge in [0.1, 0.15) is 0 Å². The van der Waals surface area contributed by atoms with Gasteiger partial charge in [0.15, 0.2) is 0 Å². The Balaban J connectivity index is 2.66. The minimum Gasteiger partial charge on any atom is -0.0581 e. The molecule has 0 saturated carbocycles. The second kappa shape index (κ2) is 4.43. The lowest BCUT2D eigenvalue weighted by atomic mass is 10.1. The lowest BCUT2D eigenvalue weighted by molar-refractivity contribution is 0.808. The third-order valence-corrected chi connectivity index (χ3v) is 4.87. The monoisotopic (exact) mass is 200 g/mol. The Morgan fingerprint density at radius 3 is 1.33 bits per heavy atom. The maximum Gasteiger partial charge on any atom is -0.00128 e. The molecule has 0 nitrogen and oxygen atoms in total. The van der Waals surface area contributed by atoms with Crippen molar-refractivity contribution < 1.29 is 0 Å². The van der Waals surface area contributed by atoms with Gasteiger partial charge in [0.2, 0.25) is 0 Å². The topological polar surface area (TPSA) is 0 Å². The Labute approximate surface area is 83.3 Å². The predicted molar refractivity (Wildman–Crippen MR) is 61.0 cm³/mol. The predicted octanol–water partition coefficient (Wildman–Crippen LogP) is 4.46. The van der Waals surface area contributed by atoms with E-state index in [1.165, 1.54) is 9.81 Å². The summed E-state index contributed by atoms with van der Waals surface area (Å²) in [5, 5.41) is 0. The third kappa shape index (κ3) is 2.60. The highest BCUT2D eigenvalue weighted by Crippen LogP contribution is 2.45. The number of hydrogen-bond acceptors (Lipinski definition) is 2. The van der Waals surface area contributed by atoms with Gasteiger partial charge >= 0.3 is 0 Å². The molecule has 0 bridgehead atoms. The fourth-order valence-corrected chi connectivity index (χ4v) is 3.78. The molecule has 0 spiro atoms. The average Bonchev–Trinajstić information content (AvgIpc) is 2.04. The van der Waals surface area contributed by atoms with E-state index in [0.29, 0.717) is 11.8 Å². The Hall–Kier alpha value is 0.180. The van der Waals surface area contributed by atoms with Crippen molar-refractivity contribution in [2.75, 3.05) is 0 Å². The zero-order chi connectivity index (χ0) is 9.14. The highest BCUT2D eigenvalue weighted by Gasteiger charge is 2.12. The molecule has 0 saturated heterocycles. The highest BCUT2D eigenvalue weighted by molar-refractivity contribution is 8.79. The number of allylic oxidation sites excluding steroid dienone is 4. The maximum absolute atomic E-state index is 2.27. The Morgan fingerprint density at radius 2 is 1.17 bits per heavy atom. The van der Waals surface area contributed by atoms with Crippen LogP contribution in [0.15, 0.2) is 22.0 Å². The summed E-state index contributed by atoms with van der Waals surface area (Å²) in [7, 11) is 3.83. The first-order valence-corrected chi connectivity index (χ1v) is 6.52. The van der Waals surface area contributed by atoms with Crippen LogP contribution < -0.4 is 0 Å². The first-order valence-electron chi connectivity index (χ1n) is 4.37. The Morgan fingerprint density at radius 1 is 0.833 bits per heavy atom. The van der Waals surface area contributed by atoms with Crippen LogP contribution in [-0.4, -0.2) is 0 Å². The molecule has 12 heavy (non-hydrogen) atoms. The van der Waals surface area contributed by atoms with Crippen LogP contribution in [0.5, 0.6) is 0 Å². The summed E-state index contributed by atoms with van der Waals surface area (Å²) in [6.07, 6.45) is 4.53. The molecular weight excluding hydrogens is 184 g/mol. The fraction of sp³-hybridized carbons (Fsp3) is 0.600. The standard InChI is InChI=1S/C10H16S2/c1-7(2)9-5-6-10(8(3)4)12-11-9/h5-8H,1-4H3. The zero-order valence-corrected chi connectivity index (χ0v) is 9.76. The molecule has 0 fully saturated rings. The van der Waals surface area contributed by atoms with E-state index in [0.717, 1.165) is 0 Å². The Bertz CT molecular complexity index is 188. The molecule has 1 aliphatic rings. The van der Waals surface area contributed by atoms with Gasteiger partial charge in [0, 0.05) is 0 Å². The van der Waals surface area contributed by atoms with Gasteiger partial charge in [-0.2, -0.15) is 0 Å². The van der Waals surface area contributed by atoms with E-state index in [-0.39, 0.29) is 0 Å². The van der Waals surface area contributed by atoms with Crippen LogP contribution in [0.2, 0.25) is 0 Å². The van der Waals surface area contributed by atoms with E-state index >= 15 is 0 Å². The van der Waals surface area contributed by atoms with Crippen LogP contribution in [0.25, 0.3) is 0 Å². The van der Waals surface area contributed by atoms with Gasteiger partial charge in [-0.25, -0.2) is 0 Å². The van der Waals surface area contributed by atoms with Crippen molar-refractivity contribution in [2.45, 2.75) is 27.7 Å². The normalized spacial score (nSPS) is 18.2. The summed E-state index contributed by atoms with van der Waals surface area (Å²) in [6.45, 7) is 8.97. The summed E-state index contributed by atoms with van der Waals surface area (Å²) in [4.78, 5) is 2.98. The lowest BCUT2D eigenvalue weighted by Crippen LogP contribution is -1.94.